The molecule has 4 rings (SSSR count). The number of hydrazine groups is 1. The Kier molecular flexibility index (Phi) is 6.33. The summed E-state index contributed by atoms with van der Waals surface area (Å²) in [5.41, 5.74) is 10.3. The Hall–Kier alpha value is -3.90. The molecule has 4 aromatic rings. The molecule has 0 unspecified atom stereocenters. The maximum Gasteiger partial charge on any atom is 0.225 e. The molecule has 0 amide bonds. The predicted octanol–water partition coefficient (Wildman–Crippen LogP) is 5.11. The lowest BCUT2D eigenvalue weighted by molar-refractivity contribution is 0.298. The Balaban J connectivity index is 1.66. The van der Waals surface area contributed by atoms with Gasteiger partial charge in [-0.05, 0) is 41.3 Å². The third-order valence-electron chi connectivity index (χ3n) is 5.25. The monoisotopic (exact) mass is 425 g/mol. The van der Waals surface area contributed by atoms with Crippen molar-refractivity contribution in [1.82, 2.24) is 9.97 Å². The Morgan fingerprint density at radius 2 is 1.66 bits per heavy atom. The van der Waals surface area contributed by atoms with E-state index in [0.717, 1.165) is 27.7 Å². The molecule has 0 aliphatic carbocycles. The van der Waals surface area contributed by atoms with Gasteiger partial charge in [0.25, 0.3) is 0 Å². The van der Waals surface area contributed by atoms with Gasteiger partial charge in [-0.3, -0.25) is 5.01 Å². The van der Waals surface area contributed by atoms with Crippen LogP contribution in [0.5, 0.6) is 5.88 Å². The van der Waals surface area contributed by atoms with Crippen molar-refractivity contribution >= 4 is 16.6 Å². The molecule has 0 saturated heterocycles. The third-order valence-corrected chi connectivity index (χ3v) is 5.25. The van der Waals surface area contributed by atoms with E-state index in [1.807, 2.05) is 60.7 Å². The van der Waals surface area contributed by atoms with E-state index in [0.29, 0.717) is 24.2 Å². The molecule has 162 valence electrons. The molecule has 3 aromatic carbocycles. The van der Waals surface area contributed by atoms with Gasteiger partial charge in [-0.15, -0.1) is 0 Å². The van der Waals surface area contributed by atoms with Gasteiger partial charge in [-0.1, -0.05) is 62.4 Å². The van der Waals surface area contributed by atoms with Crippen LogP contribution in [0.3, 0.4) is 0 Å². The van der Waals surface area contributed by atoms with Crippen LogP contribution < -0.4 is 21.3 Å². The van der Waals surface area contributed by atoms with Crippen molar-refractivity contribution < 1.29 is 4.74 Å². The van der Waals surface area contributed by atoms with Crippen molar-refractivity contribution in [2.45, 2.75) is 26.4 Å². The maximum absolute atomic E-state index is 6.19. The number of hydrogen-bond donors (Lipinski definition) is 2. The van der Waals surface area contributed by atoms with Crippen LogP contribution in [-0.2, 0) is 6.61 Å². The fraction of sp³-hybridized carbons (Fsp3) is 0.154. The number of nitrogens with zero attached hydrogens (tertiary/aromatic N) is 3. The van der Waals surface area contributed by atoms with Gasteiger partial charge in [-0.25, -0.2) is 10.8 Å². The highest BCUT2D eigenvalue weighted by Crippen LogP contribution is 2.31. The summed E-state index contributed by atoms with van der Waals surface area (Å²) in [6.45, 7) is 4.73. The maximum atomic E-state index is 6.19. The molecule has 6 heteroatoms. The minimum absolute atomic E-state index is 0.361. The van der Waals surface area contributed by atoms with Crippen LogP contribution in [0.1, 0.15) is 30.9 Å². The molecule has 4 N–H and O–H groups in total. The van der Waals surface area contributed by atoms with Crippen LogP contribution in [0, 0.1) is 0 Å². The molecule has 1 heterocycles. The van der Waals surface area contributed by atoms with Gasteiger partial charge in [0.15, 0.2) is 5.82 Å². The lowest BCUT2D eigenvalue weighted by Crippen LogP contribution is -2.24. The molecular formula is C26H27N5O. The van der Waals surface area contributed by atoms with Gasteiger partial charge in [0.2, 0.25) is 5.88 Å². The number of rotatable bonds is 7. The van der Waals surface area contributed by atoms with Crippen LogP contribution >= 0.6 is 0 Å². The normalized spacial score (nSPS) is 11.4. The lowest BCUT2D eigenvalue weighted by atomic mass is 9.97. The molecule has 0 bridgehead atoms. The number of hydrogen-bond acceptors (Lipinski definition) is 6. The Labute approximate surface area is 188 Å². The first-order chi connectivity index (χ1) is 15.6. The third kappa shape index (κ3) is 4.55. The smallest absolute Gasteiger partial charge is 0.225 e. The predicted molar refractivity (Wildman–Crippen MR) is 130 cm³/mol. The van der Waals surface area contributed by atoms with Gasteiger partial charge in [-0.2, -0.15) is 4.98 Å². The topological polar surface area (TPSA) is 90.3 Å². The van der Waals surface area contributed by atoms with Crippen LogP contribution in [0.15, 0.2) is 85.2 Å². The number of fused-ring (bicyclic) bond motifs is 1. The van der Waals surface area contributed by atoms with Crippen LogP contribution in [0.25, 0.3) is 22.3 Å². The van der Waals surface area contributed by atoms with Gasteiger partial charge in [0.05, 0.1) is 16.6 Å². The summed E-state index contributed by atoms with van der Waals surface area (Å²) in [6, 6.07) is 23.9. The van der Waals surface area contributed by atoms with Crippen LogP contribution in [0.2, 0.25) is 0 Å². The van der Waals surface area contributed by atoms with Gasteiger partial charge in [0.1, 0.15) is 6.61 Å². The number of ether oxygens (including phenoxy) is 1. The molecule has 1 aromatic heterocycles. The quantitative estimate of drug-likeness (QED) is 0.316. The van der Waals surface area contributed by atoms with E-state index in [9.17, 15) is 0 Å². The van der Waals surface area contributed by atoms with Crippen LogP contribution in [-0.4, -0.2) is 9.97 Å². The number of para-hydroxylation sites is 1. The SMILES string of the molecule is CC(C)c1ccccc1-c1nc(OCc2ccc(N(N)/C=C\N)cc2)c2ccccc2n1. The molecule has 0 aliphatic heterocycles. The van der Waals surface area contributed by atoms with Crippen molar-refractivity contribution in [1.29, 1.82) is 0 Å². The summed E-state index contributed by atoms with van der Waals surface area (Å²) >= 11 is 0. The Morgan fingerprint density at radius 3 is 2.41 bits per heavy atom. The zero-order valence-corrected chi connectivity index (χ0v) is 18.3. The summed E-state index contributed by atoms with van der Waals surface area (Å²) in [7, 11) is 0. The summed E-state index contributed by atoms with van der Waals surface area (Å²) in [5, 5.41) is 2.34. The molecule has 0 aliphatic rings. The van der Waals surface area contributed by atoms with E-state index in [4.69, 9.17) is 26.3 Å². The van der Waals surface area contributed by atoms with E-state index in [1.54, 1.807) is 6.20 Å². The molecule has 32 heavy (non-hydrogen) atoms. The Bertz CT molecular complexity index is 1230. The summed E-state index contributed by atoms with van der Waals surface area (Å²) in [6.07, 6.45) is 2.99. The molecule has 0 radical (unpaired) electrons. The first-order valence-corrected chi connectivity index (χ1v) is 10.6. The Morgan fingerprint density at radius 1 is 0.938 bits per heavy atom. The lowest BCUT2D eigenvalue weighted by Gasteiger charge is -2.15. The van der Waals surface area contributed by atoms with Crippen molar-refractivity contribution in [3.05, 3.63) is 96.3 Å². The first kappa shape index (κ1) is 21.3. The highest BCUT2D eigenvalue weighted by Gasteiger charge is 2.15. The van der Waals surface area contributed by atoms with E-state index in [2.05, 4.69) is 26.0 Å². The summed E-state index contributed by atoms with van der Waals surface area (Å²) in [4.78, 5) is 9.64. The molecule has 0 spiro atoms. The second-order valence-electron chi connectivity index (χ2n) is 7.82. The zero-order chi connectivity index (χ0) is 22.5. The molecule has 6 nitrogen and oxygen atoms in total. The summed E-state index contributed by atoms with van der Waals surface area (Å²) in [5.74, 6) is 7.51. The second-order valence-corrected chi connectivity index (χ2v) is 7.82. The zero-order valence-electron chi connectivity index (χ0n) is 18.3. The van der Waals surface area contributed by atoms with Crippen molar-refractivity contribution in [2.75, 3.05) is 5.01 Å². The van der Waals surface area contributed by atoms with E-state index in [-0.39, 0.29) is 0 Å². The van der Waals surface area contributed by atoms with Crippen molar-refractivity contribution in [2.24, 2.45) is 11.6 Å². The molecule has 0 saturated carbocycles. The molecule has 0 fully saturated rings. The van der Waals surface area contributed by atoms with Gasteiger partial charge < -0.3 is 10.5 Å². The van der Waals surface area contributed by atoms with E-state index >= 15 is 0 Å². The fourth-order valence-corrected chi connectivity index (χ4v) is 3.58. The fourth-order valence-electron chi connectivity index (χ4n) is 3.58. The standard InChI is InChI=1S/C26H27N5O/c1-18(2)21-7-3-4-8-22(21)25-29-24-10-6-5-9-23(24)26(30-25)32-17-19-11-13-20(14-12-19)31(28)16-15-27/h3-16,18H,17,27-28H2,1-2H3/b16-15-. The number of benzene rings is 3. The minimum Gasteiger partial charge on any atom is -0.472 e. The highest BCUT2D eigenvalue weighted by atomic mass is 16.5. The number of nitrogens with two attached hydrogens (primary N) is 2. The van der Waals surface area contributed by atoms with Crippen molar-refractivity contribution in [3.8, 4) is 17.3 Å². The van der Waals surface area contributed by atoms with Gasteiger partial charge in [0, 0.05) is 18.0 Å². The van der Waals surface area contributed by atoms with Gasteiger partial charge >= 0.3 is 0 Å². The molecule has 0 atom stereocenters. The van der Waals surface area contributed by atoms with E-state index in [1.165, 1.54) is 16.8 Å². The van der Waals surface area contributed by atoms with Crippen molar-refractivity contribution in [3.63, 3.8) is 0 Å². The summed E-state index contributed by atoms with van der Waals surface area (Å²) < 4.78 is 6.19. The average molecular weight is 426 g/mol. The average Bonchev–Trinajstić information content (AvgIpc) is 2.82. The number of aromatic nitrogens is 2. The highest BCUT2D eigenvalue weighted by molar-refractivity contribution is 5.85. The number of anilines is 1. The minimum atomic E-state index is 0.361. The second kappa shape index (κ2) is 9.49. The molecular weight excluding hydrogens is 398 g/mol. The van der Waals surface area contributed by atoms with Crippen LogP contribution in [0.4, 0.5) is 5.69 Å². The largest absolute Gasteiger partial charge is 0.472 e. The van der Waals surface area contributed by atoms with E-state index < -0.39 is 0 Å². The first-order valence-electron chi connectivity index (χ1n) is 10.6.